The number of nitrogens with zero attached hydrogens (tertiary/aromatic N) is 5. The predicted molar refractivity (Wildman–Crippen MR) is 99.1 cm³/mol. The number of amides is 1. The fourth-order valence-corrected chi connectivity index (χ4v) is 3.04. The highest BCUT2D eigenvalue weighted by molar-refractivity contribution is 5.91. The minimum Gasteiger partial charge on any atom is -0.459 e. The van der Waals surface area contributed by atoms with Gasteiger partial charge < -0.3 is 19.5 Å². The molecule has 3 heterocycles. The van der Waals surface area contributed by atoms with Gasteiger partial charge in [-0.3, -0.25) is 14.5 Å². The standard InChI is InChI=1S/C18H26N6O2/c1-15-13-21-24(14-15)7-4-6-20-18(19-2)23-10-8-22(9-11-23)17(25)16-5-3-12-26-16/h3,5,12-14H,4,6-11H2,1-2H3,(H,19,20). The summed E-state index contributed by atoms with van der Waals surface area (Å²) in [5, 5.41) is 7.69. The zero-order chi connectivity index (χ0) is 18.4. The van der Waals surface area contributed by atoms with Crippen molar-refractivity contribution < 1.29 is 9.21 Å². The molecule has 1 fully saturated rings. The molecule has 2 aromatic rings. The number of aromatic nitrogens is 2. The van der Waals surface area contributed by atoms with Gasteiger partial charge in [0.25, 0.3) is 5.91 Å². The number of carbonyl (C=O) groups is 1. The molecule has 26 heavy (non-hydrogen) atoms. The van der Waals surface area contributed by atoms with Crippen molar-refractivity contribution >= 4 is 11.9 Å². The number of furan rings is 1. The first-order chi connectivity index (χ1) is 12.7. The van der Waals surface area contributed by atoms with Crippen molar-refractivity contribution in [1.82, 2.24) is 24.9 Å². The van der Waals surface area contributed by atoms with E-state index in [0.717, 1.165) is 38.6 Å². The molecule has 0 radical (unpaired) electrons. The maximum Gasteiger partial charge on any atom is 0.289 e. The molecule has 1 amide bonds. The van der Waals surface area contributed by atoms with Gasteiger partial charge in [0.15, 0.2) is 11.7 Å². The van der Waals surface area contributed by atoms with Crippen molar-refractivity contribution in [3.8, 4) is 0 Å². The first-order valence-electron chi connectivity index (χ1n) is 8.95. The molecule has 8 heteroatoms. The van der Waals surface area contributed by atoms with Gasteiger partial charge in [-0.05, 0) is 31.0 Å². The van der Waals surface area contributed by atoms with Crippen molar-refractivity contribution in [1.29, 1.82) is 0 Å². The molecule has 0 aliphatic carbocycles. The largest absolute Gasteiger partial charge is 0.459 e. The summed E-state index contributed by atoms with van der Waals surface area (Å²) in [6.07, 6.45) is 6.41. The number of nitrogens with one attached hydrogen (secondary N) is 1. The van der Waals surface area contributed by atoms with E-state index in [9.17, 15) is 4.79 Å². The lowest BCUT2D eigenvalue weighted by Gasteiger charge is -2.36. The Hall–Kier alpha value is -2.77. The molecule has 1 aliphatic rings. The SMILES string of the molecule is CN=C(NCCCn1cc(C)cn1)N1CCN(C(=O)c2ccco2)CC1. The van der Waals surface area contributed by atoms with Crippen LogP contribution in [0.3, 0.4) is 0 Å². The molecular weight excluding hydrogens is 332 g/mol. The minimum absolute atomic E-state index is 0.0490. The number of aliphatic imine (C=N–C) groups is 1. The van der Waals surface area contributed by atoms with Gasteiger partial charge in [0, 0.05) is 52.5 Å². The minimum atomic E-state index is -0.0490. The predicted octanol–water partition coefficient (Wildman–Crippen LogP) is 1.21. The monoisotopic (exact) mass is 358 g/mol. The summed E-state index contributed by atoms with van der Waals surface area (Å²) in [7, 11) is 1.79. The van der Waals surface area contributed by atoms with Crippen LogP contribution in [-0.2, 0) is 6.54 Å². The second kappa shape index (κ2) is 8.55. The molecule has 140 valence electrons. The zero-order valence-electron chi connectivity index (χ0n) is 15.4. The highest BCUT2D eigenvalue weighted by Crippen LogP contribution is 2.09. The number of aryl methyl sites for hydroxylation is 2. The van der Waals surface area contributed by atoms with E-state index in [0.29, 0.717) is 18.8 Å². The van der Waals surface area contributed by atoms with E-state index in [-0.39, 0.29) is 5.91 Å². The van der Waals surface area contributed by atoms with Crippen LogP contribution in [0.4, 0.5) is 0 Å². The fraction of sp³-hybridized carbons (Fsp3) is 0.500. The van der Waals surface area contributed by atoms with Crippen LogP contribution in [0.15, 0.2) is 40.2 Å². The Balaban J connectivity index is 1.41. The van der Waals surface area contributed by atoms with E-state index in [2.05, 4.69) is 20.3 Å². The smallest absolute Gasteiger partial charge is 0.289 e. The number of hydrogen-bond donors (Lipinski definition) is 1. The van der Waals surface area contributed by atoms with Crippen LogP contribution >= 0.6 is 0 Å². The van der Waals surface area contributed by atoms with Crippen molar-refractivity contribution in [2.24, 2.45) is 4.99 Å². The number of piperazine rings is 1. The van der Waals surface area contributed by atoms with E-state index in [1.807, 2.05) is 28.9 Å². The van der Waals surface area contributed by atoms with E-state index < -0.39 is 0 Å². The van der Waals surface area contributed by atoms with Crippen LogP contribution in [0, 0.1) is 6.92 Å². The van der Waals surface area contributed by atoms with Crippen LogP contribution in [0.25, 0.3) is 0 Å². The van der Waals surface area contributed by atoms with Crippen molar-refractivity contribution in [3.63, 3.8) is 0 Å². The van der Waals surface area contributed by atoms with E-state index >= 15 is 0 Å². The summed E-state index contributed by atoms with van der Waals surface area (Å²) in [4.78, 5) is 20.7. The molecule has 1 N–H and O–H groups in total. The molecule has 2 aromatic heterocycles. The van der Waals surface area contributed by atoms with Crippen LogP contribution < -0.4 is 5.32 Å². The van der Waals surface area contributed by atoms with Gasteiger partial charge in [-0.25, -0.2) is 0 Å². The van der Waals surface area contributed by atoms with Gasteiger partial charge in [-0.1, -0.05) is 0 Å². The molecule has 1 aliphatic heterocycles. The molecule has 0 unspecified atom stereocenters. The van der Waals surface area contributed by atoms with Gasteiger partial charge in [-0.2, -0.15) is 5.10 Å². The van der Waals surface area contributed by atoms with Gasteiger partial charge >= 0.3 is 0 Å². The highest BCUT2D eigenvalue weighted by atomic mass is 16.3. The molecule has 0 bridgehead atoms. The average Bonchev–Trinajstić information content (AvgIpc) is 3.33. The molecule has 0 spiro atoms. The first-order valence-corrected chi connectivity index (χ1v) is 8.95. The Morgan fingerprint density at radius 2 is 2.08 bits per heavy atom. The van der Waals surface area contributed by atoms with E-state index in [4.69, 9.17) is 4.42 Å². The van der Waals surface area contributed by atoms with Gasteiger partial charge in [-0.15, -0.1) is 0 Å². The third-order valence-electron chi connectivity index (χ3n) is 4.42. The summed E-state index contributed by atoms with van der Waals surface area (Å²) in [6, 6.07) is 3.44. The lowest BCUT2D eigenvalue weighted by Crippen LogP contribution is -2.53. The number of rotatable bonds is 5. The number of hydrogen-bond acceptors (Lipinski definition) is 4. The second-order valence-corrected chi connectivity index (χ2v) is 6.36. The van der Waals surface area contributed by atoms with Crippen molar-refractivity contribution in [2.45, 2.75) is 19.9 Å². The summed E-state index contributed by atoms with van der Waals surface area (Å²) >= 11 is 0. The average molecular weight is 358 g/mol. The Morgan fingerprint density at radius 1 is 1.31 bits per heavy atom. The topological polar surface area (TPSA) is 78.9 Å². The van der Waals surface area contributed by atoms with Crippen LogP contribution in [0.5, 0.6) is 0 Å². The van der Waals surface area contributed by atoms with Crippen LogP contribution in [-0.4, -0.2) is 71.2 Å². The highest BCUT2D eigenvalue weighted by Gasteiger charge is 2.24. The van der Waals surface area contributed by atoms with Crippen LogP contribution in [0.1, 0.15) is 22.5 Å². The van der Waals surface area contributed by atoms with E-state index in [1.54, 1.807) is 19.2 Å². The normalized spacial score (nSPS) is 15.4. The summed E-state index contributed by atoms with van der Waals surface area (Å²) in [6.45, 7) is 6.58. The van der Waals surface area contributed by atoms with E-state index in [1.165, 1.54) is 11.8 Å². The zero-order valence-corrected chi connectivity index (χ0v) is 15.4. The van der Waals surface area contributed by atoms with Gasteiger partial charge in [0.2, 0.25) is 0 Å². The Kier molecular flexibility index (Phi) is 5.93. The maximum atomic E-state index is 12.3. The van der Waals surface area contributed by atoms with Gasteiger partial charge in [0.1, 0.15) is 0 Å². The summed E-state index contributed by atoms with van der Waals surface area (Å²) < 4.78 is 7.16. The Morgan fingerprint density at radius 3 is 2.69 bits per heavy atom. The molecule has 0 saturated carbocycles. The lowest BCUT2D eigenvalue weighted by molar-refractivity contribution is 0.0657. The molecular formula is C18H26N6O2. The van der Waals surface area contributed by atoms with Crippen molar-refractivity contribution in [3.05, 3.63) is 42.1 Å². The molecule has 0 atom stereocenters. The number of guanidine groups is 1. The number of carbonyl (C=O) groups excluding carboxylic acids is 1. The quantitative estimate of drug-likeness (QED) is 0.494. The second-order valence-electron chi connectivity index (χ2n) is 6.36. The van der Waals surface area contributed by atoms with Crippen molar-refractivity contribution in [2.75, 3.05) is 39.8 Å². The molecule has 8 nitrogen and oxygen atoms in total. The summed E-state index contributed by atoms with van der Waals surface area (Å²) in [5.41, 5.74) is 1.18. The lowest BCUT2D eigenvalue weighted by atomic mass is 10.3. The molecule has 0 aromatic carbocycles. The third-order valence-corrected chi connectivity index (χ3v) is 4.42. The Bertz CT molecular complexity index is 729. The third kappa shape index (κ3) is 4.44. The molecule has 3 rings (SSSR count). The maximum absolute atomic E-state index is 12.3. The fourth-order valence-electron chi connectivity index (χ4n) is 3.04. The molecule has 1 saturated heterocycles. The van der Waals surface area contributed by atoms with Crippen LogP contribution in [0.2, 0.25) is 0 Å². The summed E-state index contributed by atoms with van der Waals surface area (Å²) in [5.74, 6) is 1.23. The Labute approximate surface area is 153 Å². The first kappa shape index (κ1) is 18.0. The van der Waals surface area contributed by atoms with Gasteiger partial charge in [0.05, 0.1) is 12.5 Å².